The van der Waals surface area contributed by atoms with Crippen LogP contribution >= 0.6 is 15.9 Å². The fraction of sp³-hybridized carbons (Fsp3) is 0.308. The predicted molar refractivity (Wildman–Crippen MR) is 78.5 cm³/mol. The Bertz CT molecular complexity index is 646. The van der Waals surface area contributed by atoms with Crippen molar-refractivity contribution in [3.63, 3.8) is 0 Å². The molecule has 0 amide bonds. The molecule has 5 nitrogen and oxygen atoms in total. The number of halogens is 1. The minimum Gasteiger partial charge on any atom is -0.496 e. The number of methoxy groups -OCH3 is 1. The number of hydrogen-bond donors (Lipinski definition) is 2. The lowest BCUT2D eigenvalue weighted by atomic mass is 10.1. The van der Waals surface area contributed by atoms with Gasteiger partial charge in [0.2, 0.25) is 0 Å². The summed E-state index contributed by atoms with van der Waals surface area (Å²) >= 11 is 3.45. The van der Waals surface area contributed by atoms with E-state index in [1.54, 1.807) is 14.2 Å². The topological polar surface area (TPSA) is 59.0 Å². The first kappa shape index (κ1) is 13.9. The van der Waals surface area contributed by atoms with Gasteiger partial charge in [-0.2, -0.15) is 0 Å². The number of rotatable bonds is 4. The van der Waals surface area contributed by atoms with Crippen LogP contribution in [0.15, 0.2) is 27.5 Å². The second-order valence-electron chi connectivity index (χ2n) is 4.21. The van der Waals surface area contributed by atoms with E-state index in [0.717, 1.165) is 27.0 Å². The molecule has 0 bridgehead atoms. The molecule has 0 aliphatic rings. The highest BCUT2D eigenvalue weighted by molar-refractivity contribution is 9.10. The molecule has 0 radical (unpaired) electrons. The highest BCUT2D eigenvalue weighted by Crippen LogP contribution is 2.30. The molecule has 2 aromatic rings. The van der Waals surface area contributed by atoms with E-state index >= 15 is 0 Å². The first-order valence-corrected chi connectivity index (χ1v) is 6.64. The summed E-state index contributed by atoms with van der Waals surface area (Å²) in [6.45, 7) is 0.523. The minimum atomic E-state index is -0.0173. The normalized spacial score (nSPS) is 10.7. The summed E-state index contributed by atoms with van der Waals surface area (Å²) in [5.41, 5.74) is 2.47. The molecule has 0 unspecified atom stereocenters. The Kier molecular flexibility index (Phi) is 4.11. The minimum absolute atomic E-state index is 0.0173. The Hall–Kier alpha value is -1.53. The molecule has 102 valence electrons. The fourth-order valence-electron chi connectivity index (χ4n) is 2.00. The number of hydrogen-bond acceptors (Lipinski definition) is 3. The van der Waals surface area contributed by atoms with E-state index in [2.05, 4.69) is 26.3 Å². The Balaban J connectivity index is 2.55. The molecule has 0 saturated carbocycles. The highest BCUT2D eigenvalue weighted by Gasteiger charge is 2.14. The van der Waals surface area contributed by atoms with Crippen LogP contribution in [0.3, 0.4) is 0 Å². The third-order valence-electron chi connectivity index (χ3n) is 2.94. The average molecular weight is 326 g/mol. The van der Waals surface area contributed by atoms with E-state index < -0.39 is 0 Å². The molecule has 1 aromatic heterocycles. The first-order chi connectivity index (χ1) is 9.08. The summed E-state index contributed by atoms with van der Waals surface area (Å²) in [6, 6.07) is 5.73. The van der Waals surface area contributed by atoms with Crippen LogP contribution in [0.25, 0.3) is 11.3 Å². The van der Waals surface area contributed by atoms with Crippen LogP contribution in [0, 0.1) is 0 Å². The lowest BCUT2D eigenvalue weighted by molar-refractivity contribution is 0.412. The van der Waals surface area contributed by atoms with E-state index in [1.165, 1.54) is 4.68 Å². The average Bonchev–Trinajstić information content (AvgIpc) is 2.67. The van der Waals surface area contributed by atoms with Crippen molar-refractivity contribution in [1.82, 2.24) is 15.1 Å². The van der Waals surface area contributed by atoms with Gasteiger partial charge in [0.05, 0.1) is 22.8 Å². The maximum absolute atomic E-state index is 12.0. The second-order valence-corrected chi connectivity index (χ2v) is 5.06. The van der Waals surface area contributed by atoms with Crippen molar-refractivity contribution in [2.45, 2.75) is 6.54 Å². The van der Waals surface area contributed by atoms with Crippen molar-refractivity contribution >= 4 is 15.9 Å². The van der Waals surface area contributed by atoms with Gasteiger partial charge in [-0.3, -0.25) is 14.6 Å². The van der Waals surface area contributed by atoms with Crippen LogP contribution in [0.4, 0.5) is 0 Å². The molecular weight excluding hydrogens is 310 g/mol. The summed E-state index contributed by atoms with van der Waals surface area (Å²) in [4.78, 5) is 12.0. The summed E-state index contributed by atoms with van der Waals surface area (Å²) in [6.07, 6.45) is 0. The van der Waals surface area contributed by atoms with Gasteiger partial charge >= 0.3 is 0 Å². The van der Waals surface area contributed by atoms with Gasteiger partial charge in [0.25, 0.3) is 5.56 Å². The molecule has 2 rings (SSSR count). The number of aromatic nitrogens is 2. The highest BCUT2D eigenvalue weighted by atomic mass is 79.9. The van der Waals surface area contributed by atoms with Gasteiger partial charge in [-0.1, -0.05) is 0 Å². The SMILES string of the molecule is CNCc1c(-c2ccc(OC)c(Br)c2)[nH]n(C)c1=O. The van der Waals surface area contributed by atoms with E-state index in [1.807, 2.05) is 25.2 Å². The van der Waals surface area contributed by atoms with Crippen molar-refractivity contribution in [3.8, 4) is 17.0 Å². The zero-order valence-electron chi connectivity index (χ0n) is 11.1. The maximum Gasteiger partial charge on any atom is 0.271 e. The standard InChI is InChI=1S/C13H16BrN3O2/c1-15-7-9-12(16-17(2)13(9)18)8-4-5-11(19-3)10(14)6-8/h4-6,15-16H,7H2,1-3H3. The number of ether oxygens (including phenoxy) is 1. The summed E-state index contributed by atoms with van der Waals surface area (Å²) < 4.78 is 7.55. The van der Waals surface area contributed by atoms with Crippen LogP contribution in [0.2, 0.25) is 0 Å². The van der Waals surface area contributed by atoms with Gasteiger partial charge in [0.1, 0.15) is 5.75 Å². The van der Waals surface area contributed by atoms with E-state index in [4.69, 9.17) is 4.74 Å². The summed E-state index contributed by atoms with van der Waals surface area (Å²) in [5.74, 6) is 0.761. The van der Waals surface area contributed by atoms with Crippen molar-refractivity contribution in [2.24, 2.45) is 7.05 Å². The molecule has 0 spiro atoms. The van der Waals surface area contributed by atoms with Gasteiger partial charge < -0.3 is 10.1 Å². The molecular formula is C13H16BrN3O2. The number of benzene rings is 1. The Morgan fingerprint density at radius 1 is 1.47 bits per heavy atom. The van der Waals surface area contributed by atoms with Gasteiger partial charge in [-0.15, -0.1) is 0 Å². The predicted octanol–water partition coefficient (Wildman–Crippen LogP) is 1.87. The quantitative estimate of drug-likeness (QED) is 0.902. The molecule has 0 saturated heterocycles. The number of aromatic amines is 1. The van der Waals surface area contributed by atoms with Crippen LogP contribution in [0.1, 0.15) is 5.56 Å². The van der Waals surface area contributed by atoms with Crippen molar-refractivity contribution in [1.29, 1.82) is 0 Å². The molecule has 1 heterocycles. The second kappa shape index (κ2) is 5.63. The van der Waals surface area contributed by atoms with Gasteiger partial charge in [0, 0.05) is 19.2 Å². The molecule has 1 aromatic carbocycles. The van der Waals surface area contributed by atoms with Gasteiger partial charge in [-0.05, 0) is 41.2 Å². The fourth-order valence-corrected chi connectivity index (χ4v) is 2.54. The zero-order valence-corrected chi connectivity index (χ0v) is 12.7. The van der Waals surface area contributed by atoms with E-state index in [0.29, 0.717) is 6.54 Å². The van der Waals surface area contributed by atoms with Crippen LogP contribution in [-0.2, 0) is 13.6 Å². The Labute approximate surface area is 119 Å². The Morgan fingerprint density at radius 3 is 2.79 bits per heavy atom. The number of nitrogens with one attached hydrogen (secondary N) is 2. The summed E-state index contributed by atoms with van der Waals surface area (Å²) in [7, 11) is 5.15. The monoisotopic (exact) mass is 325 g/mol. The van der Waals surface area contributed by atoms with Gasteiger partial charge in [-0.25, -0.2) is 0 Å². The maximum atomic E-state index is 12.0. The van der Waals surface area contributed by atoms with E-state index in [-0.39, 0.29) is 5.56 Å². The molecule has 0 atom stereocenters. The number of nitrogens with zero attached hydrogens (tertiary/aromatic N) is 1. The smallest absolute Gasteiger partial charge is 0.271 e. The lowest BCUT2D eigenvalue weighted by Gasteiger charge is -2.06. The lowest BCUT2D eigenvalue weighted by Crippen LogP contribution is -2.19. The van der Waals surface area contributed by atoms with Crippen molar-refractivity contribution in [3.05, 3.63) is 38.6 Å². The zero-order chi connectivity index (χ0) is 14.0. The number of H-pyrrole nitrogens is 1. The van der Waals surface area contributed by atoms with Crippen LogP contribution in [0.5, 0.6) is 5.75 Å². The molecule has 0 aliphatic heterocycles. The van der Waals surface area contributed by atoms with Crippen molar-refractivity contribution in [2.75, 3.05) is 14.2 Å². The molecule has 0 aliphatic carbocycles. The largest absolute Gasteiger partial charge is 0.496 e. The van der Waals surface area contributed by atoms with Crippen LogP contribution < -0.4 is 15.6 Å². The molecule has 2 N–H and O–H groups in total. The van der Waals surface area contributed by atoms with Crippen LogP contribution in [-0.4, -0.2) is 23.9 Å². The number of aryl methyl sites for hydroxylation is 1. The van der Waals surface area contributed by atoms with E-state index in [9.17, 15) is 4.79 Å². The third-order valence-corrected chi connectivity index (χ3v) is 3.56. The summed E-state index contributed by atoms with van der Waals surface area (Å²) in [5, 5.41) is 6.10. The first-order valence-electron chi connectivity index (χ1n) is 5.85. The van der Waals surface area contributed by atoms with Gasteiger partial charge in [0.15, 0.2) is 0 Å². The molecule has 19 heavy (non-hydrogen) atoms. The van der Waals surface area contributed by atoms with Crippen molar-refractivity contribution < 1.29 is 4.74 Å². The Morgan fingerprint density at radius 2 is 2.21 bits per heavy atom. The molecule has 6 heteroatoms. The third kappa shape index (κ3) is 2.59. The molecule has 0 fully saturated rings.